The third kappa shape index (κ3) is 3.74. The van der Waals surface area contributed by atoms with Gasteiger partial charge in [-0.05, 0) is 24.5 Å². The lowest BCUT2D eigenvalue weighted by molar-refractivity contribution is -0.137. The van der Waals surface area contributed by atoms with E-state index in [-0.39, 0.29) is 4.88 Å². The van der Waals surface area contributed by atoms with Crippen LogP contribution in [-0.4, -0.2) is 15.1 Å². The normalized spacial score (nSPS) is 13.5. The second kappa shape index (κ2) is 5.66. The van der Waals surface area contributed by atoms with Gasteiger partial charge >= 0.3 is 6.18 Å². The molecule has 0 bridgehead atoms. The van der Waals surface area contributed by atoms with E-state index in [0.717, 1.165) is 11.8 Å². The van der Waals surface area contributed by atoms with Crippen LogP contribution in [0, 0.1) is 0 Å². The van der Waals surface area contributed by atoms with Crippen LogP contribution < -0.4 is 0 Å². The summed E-state index contributed by atoms with van der Waals surface area (Å²) in [5.41, 5.74) is 0.933. The largest absolute Gasteiger partial charge is 0.443 e. The van der Waals surface area contributed by atoms with Crippen LogP contribution >= 0.6 is 11.3 Å². The van der Waals surface area contributed by atoms with Crippen molar-refractivity contribution >= 4 is 11.3 Å². The van der Waals surface area contributed by atoms with E-state index in [1.807, 2.05) is 6.07 Å². The minimum atomic E-state index is -4.45. The Morgan fingerprint density at radius 2 is 2.11 bits per heavy atom. The fourth-order valence-corrected chi connectivity index (χ4v) is 2.37. The lowest BCUT2D eigenvalue weighted by atomic mass is 10.1. The van der Waals surface area contributed by atoms with Gasteiger partial charge in [-0.2, -0.15) is 13.2 Å². The van der Waals surface area contributed by atoms with Gasteiger partial charge in [0.2, 0.25) is 0 Å². The van der Waals surface area contributed by atoms with Gasteiger partial charge in [0.1, 0.15) is 0 Å². The average Bonchev–Trinajstić information content (AvgIpc) is 2.87. The highest BCUT2D eigenvalue weighted by Gasteiger charge is 2.35. The Bertz CT molecular complexity index is 527. The Labute approximate surface area is 111 Å². The maximum absolute atomic E-state index is 12.4. The summed E-state index contributed by atoms with van der Waals surface area (Å²) in [7, 11) is 0. The molecule has 0 aliphatic rings. The van der Waals surface area contributed by atoms with Gasteiger partial charge in [0, 0.05) is 18.6 Å². The number of aliphatic hydroxyl groups excluding tert-OH is 1. The third-order valence-electron chi connectivity index (χ3n) is 2.52. The molecule has 1 N–H and O–H groups in total. The number of aryl methyl sites for hydroxylation is 1. The van der Waals surface area contributed by atoms with Crippen molar-refractivity contribution in [1.82, 2.24) is 9.97 Å². The molecule has 19 heavy (non-hydrogen) atoms. The number of pyridine rings is 1. The average molecular weight is 288 g/mol. The number of thiazole rings is 1. The van der Waals surface area contributed by atoms with Crippen LogP contribution in [0.25, 0.3) is 0 Å². The zero-order valence-corrected chi connectivity index (χ0v) is 10.6. The van der Waals surface area contributed by atoms with E-state index in [0.29, 0.717) is 24.2 Å². The summed E-state index contributed by atoms with van der Waals surface area (Å²) in [4.78, 5) is 7.45. The smallest absolute Gasteiger partial charge is 0.388 e. The molecule has 0 radical (unpaired) electrons. The maximum Gasteiger partial charge on any atom is 0.443 e. The van der Waals surface area contributed by atoms with Crippen LogP contribution in [0.3, 0.4) is 0 Å². The summed E-state index contributed by atoms with van der Waals surface area (Å²) in [6.45, 7) is 0. The van der Waals surface area contributed by atoms with Crippen molar-refractivity contribution in [2.75, 3.05) is 0 Å². The minimum absolute atomic E-state index is 0.233. The third-order valence-corrected chi connectivity index (χ3v) is 3.67. The van der Waals surface area contributed by atoms with Gasteiger partial charge in [-0.15, -0.1) is 11.3 Å². The molecular formula is C12H11F3N2OS. The second-order valence-electron chi connectivity index (χ2n) is 3.98. The van der Waals surface area contributed by atoms with Crippen LogP contribution in [0.1, 0.15) is 28.0 Å². The first-order valence-corrected chi connectivity index (χ1v) is 6.38. The molecule has 0 amide bonds. The van der Waals surface area contributed by atoms with E-state index in [9.17, 15) is 18.3 Å². The number of halogens is 3. The minimum Gasteiger partial charge on any atom is -0.388 e. The SMILES string of the molecule is OC(CCc1cccnc1)c1cnc(C(F)(F)F)s1. The first-order chi connectivity index (χ1) is 8.97. The Morgan fingerprint density at radius 3 is 2.68 bits per heavy atom. The van der Waals surface area contributed by atoms with Crippen LogP contribution in [0.15, 0.2) is 30.7 Å². The molecule has 0 spiro atoms. The van der Waals surface area contributed by atoms with Gasteiger partial charge in [0.25, 0.3) is 0 Å². The Kier molecular flexibility index (Phi) is 4.16. The van der Waals surface area contributed by atoms with Crippen LogP contribution in [0.4, 0.5) is 13.2 Å². The summed E-state index contributed by atoms with van der Waals surface area (Å²) in [5.74, 6) is 0. The van der Waals surface area contributed by atoms with Gasteiger partial charge in [0.05, 0.1) is 11.0 Å². The molecule has 1 atom stereocenters. The summed E-state index contributed by atoms with van der Waals surface area (Å²) < 4.78 is 37.1. The highest BCUT2D eigenvalue weighted by molar-refractivity contribution is 7.11. The number of hydrogen-bond acceptors (Lipinski definition) is 4. The lowest BCUT2D eigenvalue weighted by Crippen LogP contribution is -2.03. The quantitative estimate of drug-likeness (QED) is 0.939. The molecule has 2 rings (SSSR count). The van der Waals surface area contributed by atoms with Crippen molar-refractivity contribution < 1.29 is 18.3 Å². The molecule has 0 fully saturated rings. The fraction of sp³-hybridized carbons (Fsp3) is 0.333. The highest BCUT2D eigenvalue weighted by Crippen LogP contribution is 2.35. The van der Waals surface area contributed by atoms with Crippen molar-refractivity contribution in [2.24, 2.45) is 0 Å². The standard InChI is InChI=1S/C12H11F3N2OS/c13-12(14,15)11-17-7-10(19-11)9(18)4-3-8-2-1-5-16-6-8/h1-2,5-7,9,18H,3-4H2. The van der Waals surface area contributed by atoms with E-state index in [4.69, 9.17) is 0 Å². The first-order valence-electron chi connectivity index (χ1n) is 5.56. The maximum atomic E-state index is 12.4. The van der Waals surface area contributed by atoms with Gasteiger partial charge < -0.3 is 5.11 Å². The number of alkyl halides is 3. The molecule has 0 saturated heterocycles. The van der Waals surface area contributed by atoms with Crippen molar-refractivity contribution in [3.8, 4) is 0 Å². The van der Waals surface area contributed by atoms with Crippen LogP contribution in [0.2, 0.25) is 0 Å². The molecule has 3 nitrogen and oxygen atoms in total. The molecule has 0 aliphatic heterocycles. The number of aliphatic hydroxyl groups is 1. The Balaban J connectivity index is 1.97. The van der Waals surface area contributed by atoms with Gasteiger partial charge in [-0.1, -0.05) is 6.07 Å². The fourth-order valence-electron chi connectivity index (χ4n) is 1.56. The molecule has 2 heterocycles. The van der Waals surface area contributed by atoms with Crippen molar-refractivity contribution in [2.45, 2.75) is 25.1 Å². The van der Waals surface area contributed by atoms with Crippen LogP contribution in [0.5, 0.6) is 0 Å². The van der Waals surface area contributed by atoms with Gasteiger partial charge in [0.15, 0.2) is 5.01 Å². The number of rotatable bonds is 4. The molecule has 1 unspecified atom stereocenters. The van der Waals surface area contributed by atoms with E-state index < -0.39 is 17.3 Å². The van der Waals surface area contributed by atoms with Gasteiger partial charge in [-0.25, -0.2) is 4.98 Å². The number of aromatic nitrogens is 2. The molecule has 0 aromatic carbocycles. The summed E-state index contributed by atoms with van der Waals surface area (Å²) >= 11 is 0.481. The lowest BCUT2D eigenvalue weighted by Gasteiger charge is -2.07. The van der Waals surface area contributed by atoms with E-state index >= 15 is 0 Å². The highest BCUT2D eigenvalue weighted by atomic mass is 32.1. The summed E-state index contributed by atoms with van der Waals surface area (Å²) in [6.07, 6.45) is -0.111. The topological polar surface area (TPSA) is 46.0 Å². The predicted octanol–water partition coefficient (Wildman–Crippen LogP) is 3.22. The molecule has 2 aromatic rings. The predicted molar refractivity (Wildman–Crippen MR) is 64.6 cm³/mol. The molecule has 7 heteroatoms. The summed E-state index contributed by atoms with van der Waals surface area (Å²) in [6, 6.07) is 3.63. The molecule has 102 valence electrons. The molecule has 0 saturated carbocycles. The zero-order chi connectivity index (χ0) is 13.9. The first kappa shape index (κ1) is 14.0. The second-order valence-corrected chi connectivity index (χ2v) is 5.04. The van der Waals surface area contributed by atoms with Crippen molar-refractivity contribution in [3.05, 3.63) is 46.2 Å². The van der Waals surface area contributed by atoms with E-state index in [1.54, 1.807) is 18.5 Å². The monoisotopic (exact) mass is 288 g/mol. The van der Waals surface area contributed by atoms with Crippen molar-refractivity contribution in [3.63, 3.8) is 0 Å². The van der Waals surface area contributed by atoms with E-state index in [1.165, 1.54) is 0 Å². The number of hydrogen-bond donors (Lipinski definition) is 1. The number of nitrogens with zero attached hydrogens (tertiary/aromatic N) is 2. The van der Waals surface area contributed by atoms with Crippen molar-refractivity contribution in [1.29, 1.82) is 0 Å². The molecule has 0 aliphatic carbocycles. The van der Waals surface area contributed by atoms with Crippen LogP contribution in [-0.2, 0) is 12.6 Å². The Morgan fingerprint density at radius 1 is 1.32 bits per heavy atom. The van der Waals surface area contributed by atoms with Gasteiger partial charge in [-0.3, -0.25) is 4.98 Å². The Hall–Kier alpha value is -1.47. The summed E-state index contributed by atoms with van der Waals surface area (Å²) in [5, 5.41) is 8.92. The van der Waals surface area contributed by atoms with E-state index in [2.05, 4.69) is 9.97 Å². The zero-order valence-electron chi connectivity index (χ0n) is 9.76. The molecular weight excluding hydrogens is 277 g/mol. The molecule has 2 aromatic heterocycles.